The zero-order chi connectivity index (χ0) is 23.5. The highest BCUT2D eigenvalue weighted by Gasteiger charge is 2.22. The van der Waals surface area contributed by atoms with Crippen LogP contribution in [0.25, 0.3) is 11.1 Å². The van der Waals surface area contributed by atoms with Crippen LogP contribution in [-0.4, -0.2) is 25.2 Å². The molecule has 164 valence electrons. The van der Waals surface area contributed by atoms with E-state index in [2.05, 4.69) is 20.9 Å². The van der Waals surface area contributed by atoms with Crippen LogP contribution >= 0.6 is 15.9 Å². The highest BCUT2D eigenvalue weighted by Crippen LogP contribution is 2.31. The van der Waals surface area contributed by atoms with Crippen LogP contribution in [-0.2, 0) is 19.6 Å². The average Bonchev–Trinajstić information content (AvgIpc) is 2.74. The molecule has 3 rings (SSSR count). The number of nitrogens with two attached hydrogens (primary N) is 2. The number of amides is 2. The Morgan fingerprint density at radius 3 is 2.25 bits per heavy atom. The first kappa shape index (κ1) is 23.3. The van der Waals surface area contributed by atoms with Gasteiger partial charge in [0.2, 0.25) is 15.9 Å². The number of halogens is 1. The Morgan fingerprint density at radius 2 is 1.69 bits per heavy atom. The molecule has 1 heterocycles. The fourth-order valence-electron chi connectivity index (χ4n) is 3.05. The van der Waals surface area contributed by atoms with Crippen molar-refractivity contribution in [3.63, 3.8) is 0 Å². The average molecular weight is 515 g/mol. The summed E-state index contributed by atoms with van der Waals surface area (Å²) in [7, 11) is -3.92. The van der Waals surface area contributed by atoms with Crippen molar-refractivity contribution in [1.29, 1.82) is 0 Å². The first-order chi connectivity index (χ1) is 15.1. The number of carbonyl (C=O) groups excluding carboxylic acids is 2. The van der Waals surface area contributed by atoms with Gasteiger partial charge in [0.05, 0.1) is 10.6 Å². The molecule has 32 heavy (non-hydrogen) atoms. The van der Waals surface area contributed by atoms with Gasteiger partial charge in [-0.2, -0.15) is 0 Å². The van der Waals surface area contributed by atoms with E-state index in [0.717, 1.165) is 10.5 Å². The van der Waals surface area contributed by atoms with Gasteiger partial charge in [0.15, 0.2) is 0 Å². The number of anilines is 2. The molecule has 0 aliphatic heterocycles. The molecule has 10 heteroatoms. The quantitative estimate of drug-likeness (QED) is 0.486. The number of primary amides is 1. The molecule has 0 bridgehead atoms. The smallest absolute Gasteiger partial charge is 0.259 e. The minimum atomic E-state index is -3.92. The predicted octanol–water partition coefficient (Wildman–Crippen LogP) is 3.25. The lowest BCUT2D eigenvalue weighted by molar-refractivity contribution is -0.116. The Hall–Kier alpha value is -3.34. The van der Waals surface area contributed by atoms with Crippen molar-refractivity contribution >= 4 is 49.3 Å². The normalized spacial score (nSPS) is 11.8. The molecule has 0 aliphatic rings. The fraction of sp³-hybridized carbons (Fsp3) is 0.0455. The van der Waals surface area contributed by atoms with Crippen LogP contribution in [0.3, 0.4) is 0 Å². The van der Waals surface area contributed by atoms with Crippen molar-refractivity contribution in [3.8, 4) is 11.1 Å². The molecule has 0 radical (unpaired) electrons. The highest BCUT2D eigenvalue weighted by molar-refractivity contribution is 9.10. The number of benzene rings is 2. The van der Waals surface area contributed by atoms with Crippen molar-refractivity contribution in [2.75, 3.05) is 4.90 Å². The summed E-state index contributed by atoms with van der Waals surface area (Å²) < 4.78 is 24.6. The Kier molecular flexibility index (Phi) is 6.87. The number of hydrogen-bond donors (Lipinski definition) is 2. The lowest BCUT2D eigenvalue weighted by atomic mass is 10.0. The minimum absolute atomic E-state index is 0.00417. The molecule has 3 aromatic rings. The summed E-state index contributed by atoms with van der Waals surface area (Å²) in [6.07, 6.45) is 2.59. The van der Waals surface area contributed by atoms with E-state index >= 15 is 0 Å². The van der Waals surface area contributed by atoms with Gasteiger partial charge in [0.1, 0.15) is 5.82 Å². The highest BCUT2D eigenvalue weighted by atomic mass is 79.9. The summed E-state index contributed by atoms with van der Waals surface area (Å²) in [6.45, 7) is 1.48. The van der Waals surface area contributed by atoms with Crippen LogP contribution in [0.1, 0.15) is 6.92 Å². The summed E-state index contributed by atoms with van der Waals surface area (Å²) in [5.74, 6) is -0.904. The van der Waals surface area contributed by atoms with E-state index in [9.17, 15) is 18.0 Å². The van der Waals surface area contributed by atoms with Crippen LogP contribution in [0.15, 0.2) is 87.9 Å². The molecule has 0 unspecified atom stereocenters. The number of pyridine rings is 1. The molecule has 0 aliphatic carbocycles. The molecule has 0 atom stereocenters. The maximum atomic E-state index is 13.1. The van der Waals surface area contributed by atoms with E-state index < -0.39 is 21.8 Å². The first-order valence-electron chi connectivity index (χ1n) is 9.24. The van der Waals surface area contributed by atoms with E-state index in [1.807, 2.05) is 0 Å². The maximum absolute atomic E-state index is 13.1. The van der Waals surface area contributed by atoms with E-state index in [4.69, 9.17) is 10.9 Å². The van der Waals surface area contributed by atoms with Crippen molar-refractivity contribution < 1.29 is 18.0 Å². The molecular weight excluding hydrogens is 496 g/mol. The number of nitrogens with zero attached hydrogens (tertiary/aromatic N) is 2. The second-order valence-electron chi connectivity index (χ2n) is 6.79. The molecule has 2 aromatic carbocycles. The van der Waals surface area contributed by atoms with Gasteiger partial charge in [0.25, 0.3) is 5.91 Å². The fourth-order valence-corrected chi connectivity index (χ4v) is 4.04. The van der Waals surface area contributed by atoms with Crippen LogP contribution in [0.5, 0.6) is 0 Å². The Bertz CT molecular complexity index is 1300. The Morgan fingerprint density at radius 1 is 1.03 bits per heavy atom. The third-order valence-electron chi connectivity index (χ3n) is 4.47. The number of rotatable bonds is 6. The largest absolute Gasteiger partial charge is 0.366 e. The number of carbonyl (C=O) groups is 2. The van der Waals surface area contributed by atoms with E-state index in [-0.39, 0.29) is 10.5 Å². The van der Waals surface area contributed by atoms with E-state index in [1.165, 1.54) is 17.9 Å². The van der Waals surface area contributed by atoms with Gasteiger partial charge in [-0.05, 0) is 58.7 Å². The summed E-state index contributed by atoms with van der Waals surface area (Å²) in [5, 5.41) is 5.34. The van der Waals surface area contributed by atoms with Crippen LogP contribution < -0.4 is 15.8 Å². The zero-order valence-corrected chi connectivity index (χ0v) is 19.3. The monoisotopic (exact) mass is 514 g/mol. The lowest BCUT2D eigenvalue weighted by Gasteiger charge is -2.22. The van der Waals surface area contributed by atoms with Gasteiger partial charge < -0.3 is 5.73 Å². The summed E-state index contributed by atoms with van der Waals surface area (Å²) in [4.78, 5) is 30.0. The molecule has 0 saturated heterocycles. The Labute approximate surface area is 193 Å². The van der Waals surface area contributed by atoms with Gasteiger partial charge in [-0.25, -0.2) is 18.5 Å². The summed E-state index contributed by atoms with van der Waals surface area (Å²) >= 11 is 3.31. The number of hydrogen-bond acceptors (Lipinski definition) is 5. The predicted molar refractivity (Wildman–Crippen MR) is 125 cm³/mol. The number of sulfonamides is 1. The minimum Gasteiger partial charge on any atom is -0.366 e. The third-order valence-corrected chi connectivity index (χ3v) is 5.91. The molecule has 4 N–H and O–H groups in total. The molecule has 0 saturated carbocycles. The molecule has 2 amide bonds. The SMILES string of the molecule is C/C(=C/C(N)=O)C(=O)N(c1ccc(-c2ccccc2S(N)(=O)=O)cc1)c1ccc(Br)cn1. The van der Waals surface area contributed by atoms with Gasteiger partial charge in [-0.3, -0.25) is 14.5 Å². The van der Waals surface area contributed by atoms with Gasteiger partial charge in [-0.15, -0.1) is 0 Å². The second-order valence-corrected chi connectivity index (χ2v) is 9.24. The summed E-state index contributed by atoms with van der Waals surface area (Å²) in [5.41, 5.74) is 6.81. The van der Waals surface area contributed by atoms with Gasteiger partial charge in [-0.1, -0.05) is 30.3 Å². The zero-order valence-electron chi connectivity index (χ0n) is 16.9. The number of aromatic nitrogens is 1. The number of primary sulfonamides is 1. The van der Waals surface area contributed by atoms with Crippen molar-refractivity contribution in [2.24, 2.45) is 10.9 Å². The van der Waals surface area contributed by atoms with Crippen molar-refractivity contribution in [3.05, 3.63) is 83.0 Å². The van der Waals surface area contributed by atoms with E-state index in [0.29, 0.717) is 22.6 Å². The van der Waals surface area contributed by atoms with Crippen molar-refractivity contribution in [2.45, 2.75) is 11.8 Å². The maximum Gasteiger partial charge on any atom is 0.259 e. The lowest BCUT2D eigenvalue weighted by Crippen LogP contribution is -2.28. The summed E-state index contributed by atoms with van der Waals surface area (Å²) in [6, 6.07) is 16.4. The molecule has 0 fully saturated rings. The molecular formula is C22H19BrN4O4S. The van der Waals surface area contributed by atoms with Crippen LogP contribution in [0.2, 0.25) is 0 Å². The molecule has 0 spiro atoms. The topological polar surface area (TPSA) is 136 Å². The van der Waals surface area contributed by atoms with Gasteiger partial charge in [0, 0.05) is 27.9 Å². The molecule has 8 nitrogen and oxygen atoms in total. The van der Waals surface area contributed by atoms with Crippen LogP contribution in [0.4, 0.5) is 11.5 Å². The van der Waals surface area contributed by atoms with Gasteiger partial charge >= 0.3 is 0 Å². The van der Waals surface area contributed by atoms with E-state index in [1.54, 1.807) is 60.8 Å². The Balaban J connectivity index is 2.09. The van der Waals surface area contributed by atoms with Crippen LogP contribution in [0, 0.1) is 0 Å². The standard InChI is InChI=1S/C22H19BrN4O4S/c1-14(12-20(24)28)22(29)27(21-11-8-16(23)13-26-21)17-9-6-15(7-10-17)18-4-2-3-5-19(18)32(25,30)31/h2-13H,1H3,(H2,24,28)(H2,25,30,31)/b14-12-. The third kappa shape index (κ3) is 5.28. The first-order valence-corrected chi connectivity index (χ1v) is 11.6. The molecule has 1 aromatic heterocycles. The second kappa shape index (κ2) is 9.43. The van der Waals surface area contributed by atoms with Crippen molar-refractivity contribution in [1.82, 2.24) is 4.98 Å².